The number of urea groups is 1. The fourth-order valence-electron chi connectivity index (χ4n) is 1.72. The summed E-state index contributed by atoms with van der Waals surface area (Å²) >= 11 is 0. The van der Waals surface area contributed by atoms with Crippen molar-refractivity contribution < 1.29 is 19.5 Å². The summed E-state index contributed by atoms with van der Waals surface area (Å²) in [6, 6.07) is 7.79. The van der Waals surface area contributed by atoms with Gasteiger partial charge in [0.05, 0.1) is 0 Å². The summed E-state index contributed by atoms with van der Waals surface area (Å²) in [4.78, 5) is 33.2. The van der Waals surface area contributed by atoms with E-state index in [4.69, 9.17) is 10.8 Å². The second-order valence-electron chi connectivity index (χ2n) is 4.53. The van der Waals surface area contributed by atoms with E-state index in [0.717, 1.165) is 5.56 Å². The van der Waals surface area contributed by atoms with Crippen LogP contribution in [0.15, 0.2) is 30.3 Å². The lowest BCUT2D eigenvalue weighted by Crippen LogP contribution is -2.46. The van der Waals surface area contributed by atoms with Gasteiger partial charge in [-0.15, -0.1) is 0 Å². The molecule has 0 aliphatic rings. The second kappa shape index (κ2) is 8.57. The van der Waals surface area contributed by atoms with Gasteiger partial charge in [-0.2, -0.15) is 0 Å². The lowest BCUT2D eigenvalue weighted by Gasteiger charge is -2.15. The van der Waals surface area contributed by atoms with Crippen LogP contribution in [-0.2, 0) is 16.0 Å². The Morgan fingerprint density at radius 1 is 1.19 bits per heavy atom. The summed E-state index contributed by atoms with van der Waals surface area (Å²) in [5, 5.41) is 13.8. The summed E-state index contributed by atoms with van der Waals surface area (Å²) in [6.07, 6.45) is 0.830. The third-order valence-corrected chi connectivity index (χ3v) is 2.82. The van der Waals surface area contributed by atoms with Crippen LogP contribution in [0.3, 0.4) is 0 Å². The molecule has 1 aromatic rings. The molecule has 0 radical (unpaired) electrons. The number of aryl methyl sites for hydroxylation is 1. The molecular formula is C14H19N3O4. The molecule has 0 saturated carbocycles. The zero-order valence-corrected chi connectivity index (χ0v) is 11.5. The molecule has 0 spiro atoms. The number of hydrogen-bond donors (Lipinski definition) is 4. The van der Waals surface area contributed by atoms with Crippen LogP contribution in [0.4, 0.5) is 4.79 Å². The van der Waals surface area contributed by atoms with Crippen molar-refractivity contribution >= 4 is 17.9 Å². The first-order valence-electron chi connectivity index (χ1n) is 6.58. The van der Waals surface area contributed by atoms with Crippen LogP contribution in [0.2, 0.25) is 0 Å². The fourth-order valence-corrected chi connectivity index (χ4v) is 1.72. The smallest absolute Gasteiger partial charge is 0.326 e. The van der Waals surface area contributed by atoms with Crippen molar-refractivity contribution in [3.8, 4) is 0 Å². The average Bonchev–Trinajstić information content (AvgIpc) is 2.43. The number of nitrogens with one attached hydrogen (secondary N) is 2. The van der Waals surface area contributed by atoms with Crippen LogP contribution in [0, 0.1) is 0 Å². The van der Waals surface area contributed by atoms with E-state index >= 15 is 0 Å². The van der Waals surface area contributed by atoms with Gasteiger partial charge < -0.3 is 21.5 Å². The molecule has 0 heterocycles. The summed E-state index contributed by atoms with van der Waals surface area (Å²) in [5.41, 5.74) is 5.94. The zero-order chi connectivity index (χ0) is 15.7. The highest BCUT2D eigenvalue weighted by Crippen LogP contribution is 2.05. The van der Waals surface area contributed by atoms with Crippen molar-refractivity contribution in [3.63, 3.8) is 0 Å². The van der Waals surface area contributed by atoms with Crippen molar-refractivity contribution in [2.45, 2.75) is 25.3 Å². The van der Waals surface area contributed by atoms with Gasteiger partial charge in [-0.05, 0) is 18.4 Å². The van der Waals surface area contributed by atoms with Gasteiger partial charge in [-0.3, -0.25) is 4.79 Å². The monoisotopic (exact) mass is 293 g/mol. The van der Waals surface area contributed by atoms with Gasteiger partial charge in [0, 0.05) is 13.0 Å². The maximum absolute atomic E-state index is 11.5. The van der Waals surface area contributed by atoms with Gasteiger partial charge >= 0.3 is 12.0 Å². The standard InChI is InChI=1S/C14H19N3O4/c15-12(18)8-9-16-14(21)17-11(13(19)20)7-6-10-4-2-1-3-5-10/h1-5,11H,6-9H2,(H2,15,18)(H,19,20)(H2,16,17,21)/t11-/m0/s1. The summed E-state index contributed by atoms with van der Waals surface area (Å²) < 4.78 is 0. The fraction of sp³-hybridized carbons (Fsp3) is 0.357. The van der Waals surface area contributed by atoms with Crippen LogP contribution in [-0.4, -0.2) is 35.6 Å². The molecule has 5 N–H and O–H groups in total. The maximum atomic E-state index is 11.5. The number of carbonyl (C=O) groups is 3. The normalized spacial score (nSPS) is 11.4. The molecule has 0 fully saturated rings. The molecule has 21 heavy (non-hydrogen) atoms. The Morgan fingerprint density at radius 2 is 1.86 bits per heavy atom. The number of primary amides is 1. The highest BCUT2D eigenvalue weighted by atomic mass is 16.4. The Balaban J connectivity index is 2.41. The first kappa shape index (κ1) is 16.5. The molecule has 114 valence electrons. The molecule has 0 aliphatic carbocycles. The number of carbonyl (C=O) groups excluding carboxylic acids is 2. The molecule has 3 amide bonds. The van der Waals surface area contributed by atoms with Gasteiger partial charge in [0.25, 0.3) is 0 Å². The van der Waals surface area contributed by atoms with Crippen molar-refractivity contribution in [2.75, 3.05) is 6.54 Å². The van der Waals surface area contributed by atoms with Crippen LogP contribution in [0.25, 0.3) is 0 Å². The highest BCUT2D eigenvalue weighted by molar-refractivity contribution is 5.82. The molecule has 0 aromatic heterocycles. The lowest BCUT2D eigenvalue weighted by atomic mass is 10.1. The average molecular weight is 293 g/mol. The molecule has 1 rings (SSSR count). The van der Waals surface area contributed by atoms with E-state index in [-0.39, 0.29) is 19.4 Å². The Kier molecular flexibility index (Phi) is 6.73. The Labute approximate surface area is 122 Å². The minimum absolute atomic E-state index is 0.00910. The van der Waals surface area contributed by atoms with Crippen LogP contribution in [0.5, 0.6) is 0 Å². The van der Waals surface area contributed by atoms with Gasteiger partial charge in [0.1, 0.15) is 6.04 Å². The van der Waals surface area contributed by atoms with Crippen LogP contribution < -0.4 is 16.4 Å². The van der Waals surface area contributed by atoms with Gasteiger partial charge in [0.2, 0.25) is 5.91 Å². The number of amides is 3. The topological polar surface area (TPSA) is 122 Å². The Hall–Kier alpha value is -2.57. The van der Waals surface area contributed by atoms with E-state index in [9.17, 15) is 14.4 Å². The van der Waals surface area contributed by atoms with Gasteiger partial charge in [-0.25, -0.2) is 9.59 Å². The first-order chi connectivity index (χ1) is 9.99. The summed E-state index contributed by atoms with van der Waals surface area (Å²) in [6.45, 7) is 0.0756. The molecule has 0 unspecified atom stereocenters. The SMILES string of the molecule is NC(=O)CCNC(=O)N[C@@H](CCc1ccccc1)C(=O)O. The van der Waals surface area contributed by atoms with E-state index in [0.29, 0.717) is 6.42 Å². The maximum Gasteiger partial charge on any atom is 0.326 e. The number of rotatable bonds is 8. The molecule has 1 aromatic carbocycles. The minimum atomic E-state index is -1.10. The van der Waals surface area contributed by atoms with Crippen molar-refractivity contribution in [1.82, 2.24) is 10.6 Å². The third kappa shape index (κ3) is 6.95. The number of carboxylic acids is 1. The van der Waals surface area contributed by atoms with E-state index in [1.54, 1.807) is 0 Å². The summed E-state index contributed by atoms with van der Waals surface area (Å²) in [7, 11) is 0. The molecule has 0 bridgehead atoms. The van der Waals surface area contributed by atoms with E-state index in [2.05, 4.69) is 10.6 Å². The zero-order valence-electron chi connectivity index (χ0n) is 11.5. The van der Waals surface area contributed by atoms with Crippen molar-refractivity contribution in [2.24, 2.45) is 5.73 Å². The summed E-state index contributed by atoms with van der Waals surface area (Å²) in [5.74, 6) is -1.63. The molecule has 7 nitrogen and oxygen atoms in total. The number of hydrogen-bond acceptors (Lipinski definition) is 3. The van der Waals surface area contributed by atoms with Crippen LogP contribution >= 0.6 is 0 Å². The molecule has 0 saturated heterocycles. The second-order valence-corrected chi connectivity index (χ2v) is 4.53. The number of nitrogens with two attached hydrogens (primary N) is 1. The van der Waals surface area contributed by atoms with Crippen molar-refractivity contribution in [1.29, 1.82) is 0 Å². The van der Waals surface area contributed by atoms with Crippen molar-refractivity contribution in [3.05, 3.63) is 35.9 Å². The number of carboxylic acid groups (broad SMARTS) is 1. The predicted octanol–water partition coefficient (Wildman–Crippen LogP) is 0.247. The van der Waals surface area contributed by atoms with Gasteiger partial charge in [0.15, 0.2) is 0 Å². The Morgan fingerprint density at radius 3 is 2.43 bits per heavy atom. The number of benzene rings is 1. The largest absolute Gasteiger partial charge is 0.480 e. The molecular weight excluding hydrogens is 274 g/mol. The molecule has 1 atom stereocenters. The number of aliphatic carboxylic acids is 1. The minimum Gasteiger partial charge on any atom is -0.480 e. The molecule has 7 heteroatoms. The predicted molar refractivity (Wildman–Crippen MR) is 76.5 cm³/mol. The van der Waals surface area contributed by atoms with E-state index in [1.165, 1.54) is 0 Å². The van der Waals surface area contributed by atoms with Gasteiger partial charge in [-0.1, -0.05) is 30.3 Å². The highest BCUT2D eigenvalue weighted by Gasteiger charge is 2.19. The first-order valence-corrected chi connectivity index (χ1v) is 6.58. The third-order valence-electron chi connectivity index (χ3n) is 2.82. The van der Waals surface area contributed by atoms with E-state index in [1.807, 2.05) is 30.3 Å². The lowest BCUT2D eigenvalue weighted by molar-refractivity contribution is -0.139. The Bertz CT molecular complexity index is 490. The molecule has 0 aliphatic heterocycles. The van der Waals surface area contributed by atoms with E-state index < -0.39 is 23.9 Å². The quantitative estimate of drug-likeness (QED) is 0.548. The van der Waals surface area contributed by atoms with Crippen LogP contribution in [0.1, 0.15) is 18.4 Å².